The number of aromatic nitrogens is 3. The molecule has 2 N–H and O–H groups in total. The molecule has 0 amide bonds. The Bertz CT molecular complexity index is 806. The lowest BCUT2D eigenvalue weighted by atomic mass is 10.1. The van der Waals surface area contributed by atoms with Crippen molar-refractivity contribution in [2.75, 3.05) is 13.1 Å². The van der Waals surface area contributed by atoms with Gasteiger partial charge >= 0.3 is 0 Å². The monoisotopic (exact) mass is 375 g/mol. The fourth-order valence-corrected chi connectivity index (χ4v) is 3.53. The van der Waals surface area contributed by atoms with Crippen molar-refractivity contribution in [3.63, 3.8) is 0 Å². The number of benzene rings is 1. The van der Waals surface area contributed by atoms with Crippen LogP contribution in [-0.4, -0.2) is 38.6 Å². The van der Waals surface area contributed by atoms with E-state index >= 15 is 0 Å². The minimum Gasteiger partial charge on any atom is -0.486 e. The number of nitrogens with one attached hydrogen (secondary N) is 1. The van der Waals surface area contributed by atoms with Crippen LogP contribution in [0.15, 0.2) is 36.9 Å². The van der Waals surface area contributed by atoms with E-state index in [-0.39, 0.29) is 6.10 Å². The molecule has 6 nitrogen and oxygen atoms in total. The van der Waals surface area contributed by atoms with Crippen molar-refractivity contribution in [2.45, 2.75) is 45.7 Å². The second-order valence-electron chi connectivity index (χ2n) is 6.84. The topological polar surface area (TPSA) is 56.7 Å². The quantitative estimate of drug-likeness (QED) is 0.569. The van der Waals surface area contributed by atoms with E-state index in [4.69, 9.17) is 22.1 Å². The molecule has 26 heavy (non-hydrogen) atoms. The zero-order valence-corrected chi connectivity index (χ0v) is 16.0. The lowest BCUT2D eigenvalue weighted by molar-refractivity contribution is -0.929. The predicted molar refractivity (Wildman–Crippen MR) is 103 cm³/mol. The molecule has 0 atom stereocenters. The van der Waals surface area contributed by atoms with Crippen molar-refractivity contribution in [1.29, 1.82) is 0 Å². The van der Waals surface area contributed by atoms with Gasteiger partial charge in [-0.2, -0.15) is 4.68 Å². The molecule has 0 saturated carbocycles. The number of nitrogens with zero attached hydrogens (tertiary/aromatic N) is 3. The van der Waals surface area contributed by atoms with Gasteiger partial charge in [0, 0.05) is 19.4 Å². The van der Waals surface area contributed by atoms with E-state index in [1.165, 1.54) is 4.90 Å². The SMILES string of the molecule is C=CCn1c(COc2cccc(C)c2)nn(C[NH+]2CCC(O)CC2)c1=S. The molecule has 1 aliphatic rings. The zero-order valence-electron chi connectivity index (χ0n) is 15.2. The molecule has 140 valence electrons. The Balaban J connectivity index is 1.74. The van der Waals surface area contributed by atoms with Crippen LogP contribution < -0.4 is 9.64 Å². The standard InChI is InChI=1S/C19H26N4O2S/c1-3-9-22-18(13-25-17-6-4-5-15(2)12-17)20-23(19(22)26)14-21-10-7-16(24)8-11-21/h3-6,12,16,24H,1,7-11,13-14H2,2H3/p+1. The maximum absolute atomic E-state index is 9.68. The highest BCUT2D eigenvalue weighted by Gasteiger charge is 2.22. The molecule has 0 spiro atoms. The van der Waals surface area contributed by atoms with Gasteiger partial charge in [0.1, 0.15) is 12.4 Å². The van der Waals surface area contributed by atoms with E-state index in [9.17, 15) is 5.11 Å². The van der Waals surface area contributed by atoms with Gasteiger partial charge in [0.25, 0.3) is 0 Å². The minimum atomic E-state index is -0.164. The summed E-state index contributed by atoms with van der Waals surface area (Å²) in [6.07, 6.45) is 3.32. The highest BCUT2D eigenvalue weighted by molar-refractivity contribution is 7.71. The molecule has 1 saturated heterocycles. The maximum atomic E-state index is 9.68. The number of quaternary nitrogens is 1. The summed E-state index contributed by atoms with van der Waals surface area (Å²) in [4.78, 5) is 1.39. The minimum absolute atomic E-state index is 0.164. The van der Waals surface area contributed by atoms with E-state index < -0.39 is 0 Å². The Morgan fingerprint density at radius 1 is 1.42 bits per heavy atom. The van der Waals surface area contributed by atoms with Crippen molar-refractivity contribution < 1.29 is 14.7 Å². The molecular formula is C19H27N4O2S+. The largest absolute Gasteiger partial charge is 0.486 e. The molecule has 1 aromatic heterocycles. The molecule has 1 aromatic carbocycles. The van der Waals surface area contributed by atoms with Gasteiger partial charge in [0.05, 0.1) is 19.2 Å². The number of rotatable bonds is 7. The number of likely N-dealkylation sites (tertiary alicyclic amines) is 1. The van der Waals surface area contributed by atoms with Crippen molar-refractivity contribution in [3.8, 4) is 5.75 Å². The Morgan fingerprint density at radius 2 is 2.19 bits per heavy atom. The molecule has 0 radical (unpaired) electrons. The van der Waals surface area contributed by atoms with E-state index in [1.807, 2.05) is 46.5 Å². The fraction of sp³-hybridized carbons (Fsp3) is 0.474. The second kappa shape index (κ2) is 8.62. The van der Waals surface area contributed by atoms with Gasteiger partial charge in [-0.1, -0.05) is 18.2 Å². The Labute approximate surface area is 159 Å². The lowest BCUT2D eigenvalue weighted by Gasteiger charge is -2.26. The first kappa shape index (κ1) is 18.8. The van der Waals surface area contributed by atoms with Crippen LogP contribution >= 0.6 is 12.2 Å². The average molecular weight is 376 g/mol. The van der Waals surface area contributed by atoms with Crippen LogP contribution in [-0.2, 0) is 19.8 Å². The van der Waals surface area contributed by atoms with Crippen LogP contribution in [0.4, 0.5) is 0 Å². The van der Waals surface area contributed by atoms with Gasteiger partial charge in [-0.05, 0) is 36.8 Å². The van der Waals surface area contributed by atoms with Gasteiger partial charge in [0.2, 0.25) is 4.77 Å². The van der Waals surface area contributed by atoms with Crippen LogP contribution in [0.25, 0.3) is 0 Å². The van der Waals surface area contributed by atoms with Crippen LogP contribution in [0, 0.1) is 11.7 Å². The number of hydrogen-bond donors (Lipinski definition) is 2. The normalized spacial score (nSPS) is 20.1. The average Bonchev–Trinajstić information content (AvgIpc) is 2.91. The summed E-state index contributed by atoms with van der Waals surface area (Å²) in [7, 11) is 0. The number of aryl methyl sites for hydroxylation is 1. The summed E-state index contributed by atoms with van der Waals surface area (Å²) < 4.78 is 10.4. The molecule has 0 unspecified atom stereocenters. The molecule has 3 rings (SSSR count). The highest BCUT2D eigenvalue weighted by atomic mass is 32.1. The molecule has 2 aromatic rings. The van der Waals surface area contributed by atoms with Crippen molar-refractivity contribution in [3.05, 3.63) is 53.1 Å². The summed E-state index contributed by atoms with van der Waals surface area (Å²) in [5, 5.41) is 14.4. The van der Waals surface area contributed by atoms with E-state index in [2.05, 4.69) is 6.58 Å². The highest BCUT2D eigenvalue weighted by Crippen LogP contribution is 2.14. The first-order valence-electron chi connectivity index (χ1n) is 9.05. The van der Waals surface area contributed by atoms with Crippen LogP contribution in [0.5, 0.6) is 5.75 Å². The molecule has 0 bridgehead atoms. The number of ether oxygens (including phenoxy) is 1. The van der Waals surface area contributed by atoms with E-state index in [0.717, 1.165) is 43.1 Å². The third-order valence-electron chi connectivity index (χ3n) is 4.70. The van der Waals surface area contributed by atoms with Crippen LogP contribution in [0.2, 0.25) is 0 Å². The third kappa shape index (κ3) is 4.60. The van der Waals surface area contributed by atoms with Gasteiger partial charge in [0.15, 0.2) is 12.5 Å². The Hall–Kier alpha value is -1.96. The zero-order chi connectivity index (χ0) is 18.5. The first-order chi connectivity index (χ1) is 12.6. The summed E-state index contributed by atoms with van der Waals surface area (Å²) >= 11 is 5.62. The van der Waals surface area contributed by atoms with E-state index in [0.29, 0.717) is 24.6 Å². The summed E-state index contributed by atoms with van der Waals surface area (Å²) in [6, 6.07) is 7.97. The molecular weight excluding hydrogens is 348 g/mol. The Kier molecular flexibility index (Phi) is 6.24. The molecule has 7 heteroatoms. The molecule has 0 aliphatic carbocycles. The smallest absolute Gasteiger partial charge is 0.203 e. The number of aliphatic hydroxyl groups excluding tert-OH is 1. The summed E-state index contributed by atoms with van der Waals surface area (Å²) in [5.74, 6) is 1.62. The Morgan fingerprint density at radius 3 is 2.88 bits per heavy atom. The summed E-state index contributed by atoms with van der Waals surface area (Å²) in [6.45, 7) is 9.43. The number of allylic oxidation sites excluding steroid dienone is 1. The summed E-state index contributed by atoms with van der Waals surface area (Å²) in [5.41, 5.74) is 1.16. The lowest BCUT2D eigenvalue weighted by Crippen LogP contribution is -3.12. The molecule has 2 heterocycles. The van der Waals surface area contributed by atoms with Gasteiger partial charge in [-0.15, -0.1) is 11.7 Å². The molecule has 1 aliphatic heterocycles. The van der Waals surface area contributed by atoms with Crippen LogP contribution in [0.1, 0.15) is 24.2 Å². The third-order valence-corrected chi connectivity index (χ3v) is 5.14. The first-order valence-corrected chi connectivity index (χ1v) is 9.46. The van der Waals surface area contributed by atoms with Crippen LogP contribution in [0.3, 0.4) is 0 Å². The second-order valence-corrected chi connectivity index (χ2v) is 7.21. The van der Waals surface area contributed by atoms with Gasteiger partial charge < -0.3 is 14.7 Å². The predicted octanol–water partition coefficient (Wildman–Crippen LogP) is 1.48. The van der Waals surface area contributed by atoms with Crippen molar-refractivity contribution in [1.82, 2.24) is 14.3 Å². The van der Waals surface area contributed by atoms with E-state index in [1.54, 1.807) is 0 Å². The van der Waals surface area contributed by atoms with Crippen molar-refractivity contribution in [2.24, 2.45) is 0 Å². The number of aliphatic hydroxyl groups is 1. The van der Waals surface area contributed by atoms with Crippen molar-refractivity contribution >= 4 is 12.2 Å². The van der Waals surface area contributed by atoms with Gasteiger partial charge in [-0.3, -0.25) is 4.57 Å². The molecule has 1 fully saturated rings. The van der Waals surface area contributed by atoms with Gasteiger partial charge in [-0.25, -0.2) is 0 Å². The number of piperidine rings is 1. The fourth-order valence-electron chi connectivity index (χ4n) is 3.24. The number of hydrogen-bond acceptors (Lipinski definition) is 4. The maximum Gasteiger partial charge on any atom is 0.203 e.